The lowest BCUT2D eigenvalue weighted by molar-refractivity contribution is 0.0686. The first-order chi connectivity index (χ1) is 11.5. The van der Waals surface area contributed by atoms with Crippen LogP contribution in [-0.2, 0) is 17.6 Å². The summed E-state index contributed by atoms with van der Waals surface area (Å²) in [6, 6.07) is 10.2. The van der Waals surface area contributed by atoms with E-state index in [9.17, 15) is 19.2 Å². The zero-order valence-electron chi connectivity index (χ0n) is 12.6. The van der Waals surface area contributed by atoms with Gasteiger partial charge in [-0.3, -0.25) is 4.79 Å². The van der Waals surface area contributed by atoms with E-state index in [1.54, 1.807) is 18.2 Å². The van der Waals surface area contributed by atoms with E-state index in [0.29, 0.717) is 16.9 Å². The van der Waals surface area contributed by atoms with Crippen LogP contribution in [0.1, 0.15) is 31.8 Å². The van der Waals surface area contributed by atoms with Gasteiger partial charge in [0.1, 0.15) is 5.56 Å². The van der Waals surface area contributed by atoms with Crippen LogP contribution in [0, 0.1) is 0 Å². The van der Waals surface area contributed by atoms with Gasteiger partial charge in [-0.25, -0.2) is 4.79 Å². The van der Waals surface area contributed by atoms with Crippen LogP contribution < -0.4 is 5.32 Å². The van der Waals surface area contributed by atoms with Crippen LogP contribution in [-0.4, -0.2) is 39.8 Å². The smallest absolute Gasteiger partial charge is 0.341 e. The summed E-state index contributed by atoms with van der Waals surface area (Å²) in [5, 5.41) is 20.8. The third-order valence-electron chi connectivity index (χ3n) is 3.83. The van der Waals surface area contributed by atoms with Gasteiger partial charge in [0.2, 0.25) is 0 Å². The van der Waals surface area contributed by atoms with Crippen LogP contribution in [0.4, 0.5) is 0 Å². The molecule has 0 saturated carbocycles. The van der Waals surface area contributed by atoms with Crippen molar-refractivity contribution in [3.05, 3.63) is 58.7 Å². The van der Waals surface area contributed by atoms with Gasteiger partial charge >= 0.3 is 5.97 Å². The predicted molar refractivity (Wildman–Crippen MR) is 86.7 cm³/mol. The Kier molecular flexibility index (Phi) is 4.57. The number of amides is 1. The van der Waals surface area contributed by atoms with Crippen molar-refractivity contribution in [2.24, 2.45) is 0 Å². The Bertz CT molecular complexity index is 821. The number of carboxylic acids is 1. The molecule has 1 amide bonds. The van der Waals surface area contributed by atoms with Crippen molar-refractivity contribution >= 4 is 23.1 Å². The monoisotopic (exact) mass is 345 g/mol. The summed E-state index contributed by atoms with van der Waals surface area (Å²) in [6.45, 7) is -0.237. The number of carboxylic acid groups (broad SMARTS) is 1. The minimum absolute atomic E-state index is 0.0148. The normalized spacial score (nSPS) is 15.3. The summed E-state index contributed by atoms with van der Waals surface area (Å²) in [6.07, 6.45) is 0.468. The first-order valence-electron chi connectivity index (χ1n) is 7.32. The SMILES string of the molecule is O=C(NCCO)c1ccc2c(c1C(=O)O)[S+]([O-])c1ccccc1C2. The number of carbonyl (C=O) groups excluding carboxylic acids is 1. The fraction of sp³-hybridized carbons (Fsp3) is 0.176. The number of aliphatic hydroxyl groups excluding tert-OH is 1. The maximum absolute atomic E-state index is 12.9. The van der Waals surface area contributed by atoms with Crippen LogP contribution in [0.25, 0.3) is 0 Å². The Morgan fingerprint density at radius 1 is 1.17 bits per heavy atom. The maximum atomic E-state index is 12.9. The second-order valence-electron chi connectivity index (χ2n) is 5.31. The highest BCUT2D eigenvalue weighted by Crippen LogP contribution is 2.37. The lowest BCUT2D eigenvalue weighted by Crippen LogP contribution is -2.29. The van der Waals surface area contributed by atoms with E-state index in [1.807, 2.05) is 12.1 Å². The Hall–Kier alpha value is -2.35. The van der Waals surface area contributed by atoms with E-state index < -0.39 is 23.1 Å². The molecule has 0 aromatic heterocycles. The first kappa shape index (κ1) is 16.5. The number of carbonyl (C=O) groups is 2. The van der Waals surface area contributed by atoms with Crippen LogP contribution in [0.3, 0.4) is 0 Å². The van der Waals surface area contributed by atoms with E-state index in [2.05, 4.69) is 5.32 Å². The largest absolute Gasteiger partial charge is 0.606 e. The number of hydrogen-bond acceptors (Lipinski definition) is 4. The first-order valence-corrected chi connectivity index (χ1v) is 8.47. The molecule has 7 heteroatoms. The molecule has 1 atom stereocenters. The molecular formula is C17H15NO5S. The lowest BCUT2D eigenvalue weighted by atomic mass is 9.97. The van der Waals surface area contributed by atoms with Crippen molar-refractivity contribution in [1.82, 2.24) is 5.32 Å². The molecule has 0 aliphatic carbocycles. The van der Waals surface area contributed by atoms with Crippen molar-refractivity contribution in [3.63, 3.8) is 0 Å². The molecule has 0 saturated heterocycles. The molecule has 3 rings (SSSR count). The molecular weight excluding hydrogens is 330 g/mol. The third kappa shape index (κ3) is 2.77. The Morgan fingerprint density at radius 3 is 2.62 bits per heavy atom. The van der Waals surface area contributed by atoms with Crippen LogP contribution in [0.15, 0.2) is 46.2 Å². The van der Waals surface area contributed by atoms with E-state index in [-0.39, 0.29) is 29.2 Å². The minimum atomic E-state index is -1.66. The molecule has 0 spiro atoms. The molecule has 0 fully saturated rings. The fourth-order valence-corrected chi connectivity index (χ4v) is 4.35. The van der Waals surface area contributed by atoms with Gasteiger partial charge in [-0.1, -0.05) is 24.3 Å². The molecule has 2 aromatic carbocycles. The van der Waals surface area contributed by atoms with Gasteiger partial charge < -0.3 is 20.1 Å². The van der Waals surface area contributed by atoms with Gasteiger partial charge in [-0.2, -0.15) is 0 Å². The number of hydrogen-bond donors (Lipinski definition) is 3. The number of aromatic carboxylic acids is 1. The van der Waals surface area contributed by atoms with Crippen molar-refractivity contribution in [2.75, 3.05) is 13.2 Å². The summed E-state index contributed by atoms with van der Waals surface area (Å²) < 4.78 is 12.9. The summed E-state index contributed by atoms with van der Waals surface area (Å²) >= 11 is -1.66. The Morgan fingerprint density at radius 2 is 1.92 bits per heavy atom. The highest BCUT2D eigenvalue weighted by atomic mass is 32.2. The van der Waals surface area contributed by atoms with Gasteiger partial charge in [-0.05, 0) is 12.1 Å². The highest BCUT2D eigenvalue weighted by molar-refractivity contribution is 7.91. The summed E-state index contributed by atoms with van der Waals surface area (Å²) in [4.78, 5) is 24.7. The zero-order chi connectivity index (χ0) is 17.3. The number of nitrogens with one attached hydrogen (secondary N) is 1. The molecule has 124 valence electrons. The summed E-state index contributed by atoms with van der Waals surface area (Å²) in [5.74, 6) is -1.91. The van der Waals surface area contributed by atoms with Crippen molar-refractivity contribution in [3.8, 4) is 0 Å². The summed E-state index contributed by atoms with van der Waals surface area (Å²) in [5.41, 5.74) is 1.23. The topological polar surface area (TPSA) is 110 Å². The molecule has 2 aromatic rings. The predicted octanol–water partition coefficient (Wildman–Crippen LogP) is 1.18. The van der Waals surface area contributed by atoms with Crippen molar-refractivity contribution < 1.29 is 24.4 Å². The fourth-order valence-electron chi connectivity index (χ4n) is 2.79. The third-order valence-corrected chi connectivity index (χ3v) is 5.47. The number of fused-ring (bicyclic) bond motifs is 2. The summed E-state index contributed by atoms with van der Waals surface area (Å²) in [7, 11) is 0. The maximum Gasteiger partial charge on any atom is 0.341 e. The Labute approximate surface area is 141 Å². The van der Waals surface area contributed by atoms with E-state index in [4.69, 9.17) is 5.11 Å². The van der Waals surface area contributed by atoms with Crippen molar-refractivity contribution in [1.29, 1.82) is 0 Å². The van der Waals surface area contributed by atoms with Crippen LogP contribution >= 0.6 is 0 Å². The van der Waals surface area contributed by atoms with Crippen LogP contribution in [0.2, 0.25) is 0 Å². The molecule has 1 heterocycles. The standard InChI is InChI=1S/C17H15NO5S/c19-8-7-18-16(20)12-6-5-11-9-10-3-1-2-4-13(10)24(23)15(11)14(12)17(21)22/h1-6,19H,7-9H2,(H,18,20)(H,21,22). The van der Waals surface area contributed by atoms with E-state index in [1.165, 1.54) is 6.07 Å². The van der Waals surface area contributed by atoms with E-state index >= 15 is 0 Å². The molecule has 0 radical (unpaired) electrons. The number of rotatable bonds is 4. The Balaban J connectivity index is 2.14. The molecule has 1 unspecified atom stereocenters. The molecule has 1 aliphatic heterocycles. The lowest BCUT2D eigenvalue weighted by Gasteiger charge is -2.24. The second kappa shape index (κ2) is 6.64. The molecule has 6 nitrogen and oxygen atoms in total. The van der Waals surface area contributed by atoms with Crippen molar-refractivity contribution in [2.45, 2.75) is 16.2 Å². The van der Waals surface area contributed by atoms with Gasteiger partial charge in [0.05, 0.1) is 12.2 Å². The second-order valence-corrected chi connectivity index (χ2v) is 6.70. The molecule has 24 heavy (non-hydrogen) atoms. The van der Waals surface area contributed by atoms with Gasteiger partial charge in [0.25, 0.3) is 5.91 Å². The van der Waals surface area contributed by atoms with Gasteiger partial charge in [-0.15, -0.1) is 0 Å². The van der Waals surface area contributed by atoms with Gasteiger partial charge in [0, 0.05) is 35.3 Å². The number of aliphatic hydroxyl groups is 1. The quantitative estimate of drug-likeness (QED) is 0.721. The highest BCUT2D eigenvalue weighted by Gasteiger charge is 2.36. The minimum Gasteiger partial charge on any atom is -0.606 e. The number of benzene rings is 2. The van der Waals surface area contributed by atoms with E-state index in [0.717, 1.165) is 5.56 Å². The zero-order valence-corrected chi connectivity index (χ0v) is 13.4. The van der Waals surface area contributed by atoms with Gasteiger partial charge in [0.15, 0.2) is 9.79 Å². The van der Waals surface area contributed by atoms with Crippen LogP contribution in [0.5, 0.6) is 0 Å². The molecule has 1 aliphatic rings. The molecule has 0 bridgehead atoms. The molecule has 3 N–H and O–H groups in total. The average Bonchev–Trinajstić information content (AvgIpc) is 2.58. The average molecular weight is 345 g/mol.